The Kier molecular flexibility index (Phi) is 6.60. The number of amides is 3. The van der Waals surface area contributed by atoms with Crippen molar-refractivity contribution in [3.05, 3.63) is 95.8 Å². The average molecular weight is 474 g/mol. The van der Waals surface area contributed by atoms with Gasteiger partial charge in [0.05, 0.1) is 17.8 Å². The van der Waals surface area contributed by atoms with Gasteiger partial charge in [0.2, 0.25) is 0 Å². The fourth-order valence-electron chi connectivity index (χ4n) is 3.92. The Morgan fingerprint density at radius 1 is 1.11 bits per heavy atom. The van der Waals surface area contributed by atoms with Crippen molar-refractivity contribution < 1.29 is 18.7 Å². The highest BCUT2D eigenvalue weighted by Gasteiger charge is 2.27. The Hall–Kier alpha value is -4.13. The molecule has 0 saturated heterocycles. The van der Waals surface area contributed by atoms with Crippen molar-refractivity contribution in [3.8, 4) is 5.75 Å². The first kappa shape index (κ1) is 24.0. The van der Waals surface area contributed by atoms with Gasteiger partial charge in [-0.25, -0.2) is 9.18 Å². The minimum atomic E-state index is -0.641. The minimum absolute atomic E-state index is 0.0844. The molecule has 0 fully saturated rings. The second-order valence-corrected chi connectivity index (χ2v) is 9.14. The van der Waals surface area contributed by atoms with E-state index >= 15 is 0 Å². The third-order valence-electron chi connectivity index (χ3n) is 5.92. The van der Waals surface area contributed by atoms with Gasteiger partial charge in [0.15, 0.2) is 6.61 Å². The highest BCUT2D eigenvalue weighted by atomic mass is 19.1. The van der Waals surface area contributed by atoms with E-state index in [0.717, 1.165) is 22.3 Å². The Morgan fingerprint density at radius 3 is 2.57 bits per heavy atom. The molecule has 1 aliphatic rings. The quantitative estimate of drug-likeness (QED) is 0.472. The average Bonchev–Trinajstić information content (AvgIpc) is 2.82. The van der Waals surface area contributed by atoms with E-state index < -0.39 is 5.54 Å². The fraction of sp³-hybridized carbons (Fsp3) is 0.214. The molecular weight excluding hydrogens is 445 g/mol. The van der Waals surface area contributed by atoms with Gasteiger partial charge < -0.3 is 20.3 Å². The van der Waals surface area contributed by atoms with Crippen molar-refractivity contribution in [1.29, 1.82) is 0 Å². The maximum atomic E-state index is 13.3. The van der Waals surface area contributed by atoms with Crippen LogP contribution in [0, 0.1) is 5.82 Å². The summed E-state index contributed by atoms with van der Waals surface area (Å²) in [6, 6.07) is 18.6. The highest BCUT2D eigenvalue weighted by Crippen LogP contribution is 2.35. The first-order valence-electron chi connectivity index (χ1n) is 11.3. The van der Waals surface area contributed by atoms with Crippen LogP contribution >= 0.6 is 0 Å². The Morgan fingerprint density at radius 2 is 1.86 bits per heavy atom. The number of fused-ring (bicyclic) bond motifs is 1. The predicted molar refractivity (Wildman–Crippen MR) is 136 cm³/mol. The van der Waals surface area contributed by atoms with Crippen molar-refractivity contribution in [2.75, 3.05) is 16.8 Å². The molecule has 0 aliphatic carbocycles. The third-order valence-corrected chi connectivity index (χ3v) is 5.92. The van der Waals surface area contributed by atoms with Crippen LogP contribution in [0.25, 0.3) is 5.57 Å². The zero-order chi connectivity index (χ0) is 25.2. The summed E-state index contributed by atoms with van der Waals surface area (Å²) in [5.74, 6) is -0.0224. The number of ether oxygens (including phenoxy) is 1. The molecule has 3 aromatic rings. The van der Waals surface area contributed by atoms with Crippen molar-refractivity contribution in [2.45, 2.75) is 32.9 Å². The van der Waals surface area contributed by atoms with Gasteiger partial charge in [0.1, 0.15) is 11.6 Å². The number of carbonyl (C=O) groups excluding carboxylic acids is 2. The number of carbonyl (C=O) groups is 2. The van der Waals surface area contributed by atoms with Gasteiger partial charge in [-0.05, 0) is 73.9 Å². The monoisotopic (exact) mass is 473 g/mol. The summed E-state index contributed by atoms with van der Waals surface area (Å²) in [6.45, 7) is 9.95. The molecule has 4 rings (SSSR count). The first-order chi connectivity index (χ1) is 16.6. The summed E-state index contributed by atoms with van der Waals surface area (Å²) in [7, 11) is 0. The molecule has 0 unspecified atom stereocenters. The molecule has 180 valence electrons. The maximum Gasteiger partial charge on any atom is 0.319 e. The number of benzene rings is 3. The smallest absolute Gasteiger partial charge is 0.319 e. The Labute approximate surface area is 204 Å². The van der Waals surface area contributed by atoms with E-state index in [9.17, 15) is 14.0 Å². The van der Waals surface area contributed by atoms with Crippen LogP contribution in [0.4, 0.5) is 20.6 Å². The standard InChI is InChI=1S/C28H28FN3O3/c1-18(2)20-6-5-7-21(14-20)28(3,4)31-27(34)30-23-12-13-25-24(15-23)32(26(33)17-35-25)16-19-8-10-22(29)11-9-19/h5-15H,1,16-17H2,2-4H3,(H2,30,31,34). The molecule has 6 nitrogen and oxygen atoms in total. The molecule has 0 aromatic heterocycles. The van der Waals surface area contributed by atoms with Crippen molar-refractivity contribution in [1.82, 2.24) is 5.32 Å². The number of allylic oxidation sites excluding steroid dienone is 1. The number of nitrogens with one attached hydrogen (secondary N) is 2. The number of halogens is 1. The maximum absolute atomic E-state index is 13.3. The van der Waals surface area contributed by atoms with Crippen LogP contribution < -0.4 is 20.3 Å². The molecular formula is C28H28FN3O3. The van der Waals surface area contributed by atoms with Gasteiger partial charge in [-0.1, -0.05) is 42.5 Å². The lowest BCUT2D eigenvalue weighted by Gasteiger charge is -2.30. The largest absolute Gasteiger partial charge is 0.482 e. The summed E-state index contributed by atoms with van der Waals surface area (Å²) >= 11 is 0. The summed E-state index contributed by atoms with van der Waals surface area (Å²) < 4.78 is 18.9. The molecule has 3 amide bonds. The van der Waals surface area contributed by atoms with E-state index in [4.69, 9.17) is 4.74 Å². The van der Waals surface area contributed by atoms with E-state index in [-0.39, 0.29) is 30.9 Å². The Balaban J connectivity index is 1.51. The lowest BCUT2D eigenvalue weighted by Crippen LogP contribution is -2.43. The molecule has 0 bridgehead atoms. The molecule has 7 heteroatoms. The normalized spacial score (nSPS) is 13.0. The van der Waals surface area contributed by atoms with E-state index in [1.54, 1.807) is 35.2 Å². The lowest BCUT2D eigenvalue weighted by atomic mass is 9.92. The van der Waals surface area contributed by atoms with Crippen LogP contribution in [0.15, 0.2) is 73.3 Å². The zero-order valence-electron chi connectivity index (χ0n) is 20.0. The van der Waals surface area contributed by atoms with Gasteiger partial charge in [-0.2, -0.15) is 0 Å². The molecule has 0 saturated carbocycles. The van der Waals surface area contributed by atoms with E-state index in [0.29, 0.717) is 17.1 Å². The molecule has 1 aliphatic heterocycles. The van der Waals surface area contributed by atoms with E-state index in [1.807, 2.05) is 45.0 Å². The van der Waals surface area contributed by atoms with Crippen molar-refractivity contribution >= 4 is 28.9 Å². The summed E-state index contributed by atoms with van der Waals surface area (Å²) in [6.07, 6.45) is 0. The number of hydrogen-bond donors (Lipinski definition) is 2. The summed E-state index contributed by atoms with van der Waals surface area (Å²) in [5, 5.41) is 5.86. The summed E-state index contributed by atoms with van der Waals surface area (Å²) in [4.78, 5) is 27.0. The predicted octanol–water partition coefficient (Wildman–Crippen LogP) is 5.84. The number of hydrogen-bond acceptors (Lipinski definition) is 3. The van der Waals surface area contributed by atoms with Gasteiger partial charge in [0.25, 0.3) is 5.91 Å². The number of urea groups is 1. The van der Waals surface area contributed by atoms with Crippen LogP contribution in [0.5, 0.6) is 5.75 Å². The second-order valence-electron chi connectivity index (χ2n) is 9.14. The summed E-state index contributed by atoms with van der Waals surface area (Å²) in [5.41, 5.74) is 4.09. The molecule has 2 N–H and O–H groups in total. The molecule has 0 spiro atoms. The van der Waals surface area contributed by atoms with Crippen LogP contribution in [0.1, 0.15) is 37.5 Å². The fourth-order valence-corrected chi connectivity index (χ4v) is 3.92. The molecule has 3 aromatic carbocycles. The Bertz CT molecular complexity index is 1280. The molecule has 0 atom stereocenters. The van der Waals surface area contributed by atoms with Crippen LogP contribution in [-0.2, 0) is 16.9 Å². The molecule has 0 radical (unpaired) electrons. The van der Waals surface area contributed by atoms with E-state index in [2.05, 4.69) is 17.2 Å². The van der Waals surface area contributed by atoms with Gasteiger partial charge in [0, 0.05) is 5.69 Å². The SMILES string of the molecule is C=C(C)c1cccc(C(C)(C)NC(=O)Nc2ccc3c(c2)N(Cc2ccc(F)cc2)C(=O)CO3)c1. The molecule has 1 heterocycles. The van der Waals surface area contributed by atoms with E-state index in [1.165, 1.54) is 12.1 Å². The van der Waals surface area contributed by atoms with Gasteiger partial charge in [-0.3, -0.25) is 4.79 Å². The van der Waals surface area contributed by atoms with Crippen LogP contribution in [0.2, 0.25) is 0 Å². The number of anilines is 2. The topological polar surface area (TPSA) is 70.7 Å². The molecule has 35 heavy (non-hydrogen) atoms. The van der Waals surface area contributed by atoms with Gasteiger partial charge in [-0.15, -0.1) is 0 Å². The first-order valence-corrected chi connectivity index (χ1v) is 11.3. The van der Waals surface area contributed by atoms with Crippen LogP contribution in [-0.4, -0.2) is 18.5 Å². The van der Waals surface area contributed by atoms with Crippen molar-refractivity contribution in [2.24, 2.45) is 0 Å². The third kappa shape index (κ3) is 5.51. The lowest BCUT2D eigenvalue weighted by molar-refractivity contribution is -0.121. The minimum Gasteiger partial charge on any atom is -0.482 e. The second kappa shape index (κ2) is 9.62. The number of rotatable bonds is 6. The number of nitrogens with zero attached hydrogens (tertiary/aromatic N) is 1. The highest BCUT2D eigenvalue weighted by molar-refractivity contribution is 5.99. The van der Waals surface area contributed by atoms with Crippen LogP contribution in [0.3, 0.4) is 0 Å². The zero-order valence-corrected chi connectivity index (χ0v) is 20.0. The van der Waals surface area contributed by atoms with Gasteiger partial charge >= 0.3 is 6.03 Å². The van der Waals surface area contributed by atoms with Crippen molar-refractivity contribution in [3.63, 3.8) is 0 Å².